The number of halogens is 2. The van der Waals surface area contributed by atoms with Gasteiger partial charge in [0.2, 0.25) is 0 Å². The summed E-state index contributed by atoms with van der Waals surface area (Å²) >= 11 is 3.46. The fourth-order valence-corrected chi connectivity index (χ4v) is 1.92. The average Bonchev–Trinajstić information content (AvgIpc) is 2.18. The van der Waals surface area contributed by atoms with E-state index in [9.17, 15) is 0 Å². The Morgan fingerprint density at radius 1 is 1.40 bits per heavy atom. The first-order valence-corrected chi connectivity index (χ1v) is 5.04. The maximum absolute atomic E-state index is 5.44. The normalized spacial score (nSPS) is 9.80. The summed E-state index contributed by atoms with van der Waals surface area (Å²) in [7, 11) is 0. The summed E-state index contributed by atoms with van der Waals surface area (Å²) in [5, 5.41) is 1.02. The van der Waals surface area contributed by atoms with Gasteiger partial charge < -0.3 is 5.43 Å². The van der Waals surface area contributed by atoms with Crippen LogP contribution in [0.15, 0.2) is 28.7 Å². The second-order valence-electron chi connectivity index (χ2n) is 3.09. The van der Waals surface area contributed by atoms with Gasteiger partial charge in [-0.15, -0.1) is 12.4 Å². The van der Waals surface area contributed by atoms with Gasteiger partial charge in [-0.1, -0.05) is 12.1 Å². The number of rotatable bonds is 1. The summed E-state index contributed by atoms with van der Waals surface area (Å²) in [6.45, 7) is 1.94. The van der Waals surface area contributed by atoms with Crippen molar-refractivity contribution in [2.24, 2.45) is 5.84 Å². The summed E-state index contributed by atoms with van der Waals surface area (Å²) < 4.78 is 0.982. The molecule has 15 heavy (non-hydrogen) atoms. The molecule has 0 atom stereocenters. The maximum Gasteiger partial charge on any atom is 0.0868 e. The fraction of sp³-hybridized carbons (Fsp3) is 0.100. The Labute approximate surface area is 103 Å². The first-order chi connectivity index (χ1) is 6.72. The van der Waals surface area contributed by atoms with Gasteiger partial charge in [0.05, 0.1) is 11.2 Å². The standard InChI is InChI=1S/C10H10BrN3.ClH/c1-6-5-9(14-12)7-3-2-4-8(11)10(7)13-6;/h2-5H,12H2,1H3,(H,13,14);1H. The third kappa shape index (κ3) is 2.22. The zero-order valence-electron chi connectivity index (χ0n) is 8.12. The molecule has 0 radical (unpaired) electrons. The van der Waals surface area contributed by atoms with E-state index in [4.69, 9.17) is 5.84 Å². The van der Waals surface area contributed by atoms with E-state index in [2.05, 4.69) is 26.3 Å². The minimum Gasteiger partial charge on any atom is -0.323 e. The molecule has 0 bridgehead atoms. The Hall–Kier alpha value is -0.840. The average molecular weight is 289 g/mol. The Kier molecular flexibility index (Phi) is 3.90. The van der Waals surface area contributed by atoms with E-state index in [1.54, 1.807) is 0 Å². The van der Waals surface area contributed by atoms with E-state index in [0.29, 0.717) is 0 Å². The number of hydrogen-bond acceptors (Lipinski definition) is 3. The van der Waals surface area contributed by atoms with Gasteiger partial charge in [0, 0.05) is 15.6 Å². The number of aryl methyl sites for hydroxylation is 1. The highest BCUT2D eigenvalue weighted by Gasteiger charge is 2.04. The Morgan fingerprint density at radius 2 is 2.13 bits per heavy atom. The van der Waals surface area contributed by atoms with Crippen molar-refractivity contribution in [2.45, 2.75) is 6.92 Å². The summed E-state index contributed by atoms with van der Waals surface area (Å²) in [4.78, 5) is 4.44. The van der Waals surface area contributed by atoms with E-state index in [1.807, 2.05) is 31.2 Å². The predicted molar refractivity (Wildman–Crippen MR) is 69.2 cm³/mol. The van der Waals surface area contributed by atoms with Crippen LogP contribution in [-0.2, 0) is 0 Å². The monoisotopic (exact) mass is 287 g/mol. The number of nitrogens with two attached hydrogens (primary N) is 1. The molecule has 0 unspecified atom stereocenters. The molecular weight excluding hydrogens is 277 g/mol. The SMILES string of the molecule is Cc1cc(NN)c2cccc(Br)c2n1.Cl. The number of nitrogens with zero attached hydrogens (tertiary/aromatic N) is 1. The molecule has 2 rings (SSSR count). The van der Waals surface area contributed by atoms with Crippen molar-refractivity contribution in [2.75, 3.05) is 5.43 Å². The number of nitrogens with one attached hydrogen (secondary N) is 1. The van der Waals surface area contributed by atoms with Crippen molar-refractivity contribution in [1.29, 1.82) is 0 Å². The molecule has 0 saturated heterocycles. The van der Waals surface area contributed by atoms with Gasteiger partial charge in [-0.05, 0) is 35.0 Å². The van der Waals surface area contributed by atoms with E-state index in [1.165, 1.54) is 0 Å². The highest BCUT2D eigenvalue weighted by atomic mass is 79.9. The van der Waals surface area contributed by atoms with Crippen LogP contribution in [0.1, 0.15) is 5.69 Å². The van der Waals surface area contributed by atoms with Crippen molar-refractivity contribution < 1.29 is 0 Å². The van der Waals surface area contributed by atoms with Crippen LogP contribution in [0.3, 0.4) is 0 Å². The number of benzene rings is 1. The molecule has 1 heterocycles. The van der Waals surface area contributed by atoms with Crippen LogP contribution in [0.5, 0.6) is 0 Å². The molecule has 3 nitrogen and oxygen atoms in total. The summed E-state index contributed by atoms with van der Waals surface area (Å²) in [5.74, 6) is 5.44. The van der Waals surface area contributed by atoms with Crippen molar-refractivity contribution in [1.82, 2.24) is 4.98 Å². The van der Waals surface area contributed by atoms with Gasteiger partial charge in [0.1, 0.15) is 0 Å². The molecule has 3 N–H and O–H groups in total. The smallest absolute Gasteiger partial charge is 0.0868 e. The maximum atomic E-state index is 5.44. The van der Waals surface area contributed by atoms with Crippen LogP contribution in [-0.4, -0.2) is 4.98 Å². The number of nitrogen functional groups attached to an aromatic ring is 1. The third-order valence-electron chi connectivity index (χ3n) is 2.07. The minimum atomic E-state index is 0. The number of hydrazine groups is 1. The zero-order valence-corrected chi connectivity index (χ0v) is 10.5. The quantitative estimate of drug-likeness (QED) is 0.626. The lowest BCUT2D eigenvalue weighted by molar-refractivity contribution is 1.23. The van der Waals surface area contributed by atoms with Crippen LogP contribution in [0.4, 0.5) is 5.69 Å². The summed E-state index contributed by atoms with van der Waals surface area (Å²) in [6, 6.07) is 7.84. The molecule has 0 aliphatic rings. The number of pyridine rings is 1. The van der Waals surface area contributed by atoms with Crippen molar-refractivity contribution in [3.8, 4) is 0 Å². The van der Waals surface area contributed by atoms with Crippen molar-refractivity contribution >= 4 is 44.9 Å². The van der Waals surface area contributed by atoms with Gasteiger partial charge in [0.15, 0.2) is 0 Å². The number of anilines is 1. The summed E-state index contributed by atoms with van der Waals surface area (Å²) in [6.07, 6.45) is 0. The van der Waals surface area contributed by atoms with Crippen LogP contribution in [0.2, 0.25) is 0 Å². The second-order valence-corrected chi connectivity index (χ2v) is 3.95. The van der Waals surface area contributed by atoms with Crippen molar-refractivity contribution in [3.63, 3.8) is 0 Å². The number of hydrogen-bond donors (Lipinski definition) is 2. The van der Waals surface area contributed by atoms with E-state index in [-0.39, 0.29) is 12.4 Å². The molecule has 1 aromatic heterocycles. The van der Waals surface area contributed by atoms with Crippen LogP contribution < -0.4 is 11.3 Å². The molecule has 2 aromatic rings. The molecule has 0 aliphatic carbocycles. The molecule has 0 spiro atoms. The second kappa shape index (κ2) is 4.79. The molecular formula is C10H11BrClN3. The van der Waals surface area contributed by atoms with Crippen LogP contribution in [0.25, 0.3) is 10.9 Å². The summed E-state index contributed by atoms with van der Waals surface area (Å²) in [5.41, 5.74) is 5.45. The van der Waals surface area contributed by atoms with E-state index in [0.717, 1.165) is 26.8 Å². The lowest BCUT2D eigenvalue weighted by Crippen LogP contribution is -2.07. The molecule has 0 saturated carbocycles. The number of fused-ring (bicyclic) bond motifs is 1. The topological polar surface area (TPSA) is 50.9 Å². The first-order valence-electron chi connectivity index (χ1n) is 4.25. The van der Waals surface area contributed by atoms with Gasteiger partial charge >= 0.3 is 0 Å². The lowest BCUT2D eigenvalue weighted by atomic mass is 10.1. The van der Waals surface area contributed by atoms with Gasteiger partial charge in [-0.3, -0.25) is 10.8 Å². The van der Waals surface area contributed by atoms with Gasteiger partial charge in [-0.2, -0.15) is 0 Å². The zero-order chi connectivity index (χ0) is 10.1. The largest absolute Gasteiger partial charge is 0.323 e. The third-order valence-corrected chi connectivity index (χ3v) is 2.71. The number of para-hydroxylation sites is 1. The minimum absolute atomic E-state index is 0. The van der Waals surface area contributed by atoms with Gasteiger partial charge in [-0.25, -0.2) is 0 Å². The Balaban J connectivity index is 0.00000112. The van der Waals surface area contributed by atoms with Crippen LogP contribution in [0, 0.1) is 6.92 Å². The number of aromatic nitrogens is 1. The lowest BCUT2D eigenvalue weighted by Gasteiger charge is -2.07. The molecule has 0 aliphatic heterocycles. The molecule has 0 amide bonds. The van der Waals surface area contributed by atoms with E-state index < -0.39 is 0 Å². The highest BCUT2D eigenvalue weighted by Crippen LogP contribution is 2.27. The highest BCUT2D eigenvalue weighted by molar-refractivity contribution is 9.10. The molecule has 5 heteroatoms. The molecule has 1 aromatic carbocycles. The first kappa shape index (κ1) is 12.2. The van der Waals surface area contributed by atoms with E-state index >= 15 is 0 Å². The molecule has 80 valence electrons. The Morgan fingerprint density at radius 3 is 2.80 bits per heavy atom. The Bertz CT molecular complexity index is 487. The van der Waals surface area contributed by atoms with Gasteiger partial charge in [0.25, 0.3) is 0 Å². The van der Waals surface area contributed by atoms with Crippen LogP contribution >= 0.6 is 28.3 Å². The predicted octanol–water partition coefficient (Wildman–Crippen LogP) is 3.01. The fourth-order valence-electron chi connectivity index (χ4n) is 1.46. The van der Waals surface area contributed by atoms with Crippen molar-refractivity contribution in [3.05, 3.63) is 34.4 Å². The molecule has 0 fully saturated rings.